The first-order valence-electron chi connectivity index (χ1n) is 9.43. The van der Waals surface area contributed by atoms with E-state index in [4.69, 9.17) is 13.9 Å². The average molecular weight is 394 g/mol. The summed E-state index contributed by atoms with van der Waals surface area (Å²) in [5, 5.41) is 6.53. The number of hydrogen-bond acceptors (Lipinski definition) is 5. The van der Waals surface area contributed by atoms with Gasteiger partial charge in [-0.15, -0.1) is 0 Å². The number of oxazole rings is 1. The number of hydrogen-bond donors (Lipinski definition) is 2. The highest BCUT2D eigenvalue weighted by molar-refractivity contribution is 5.79. The van der Waals surface area contributed by atoms with Crippen molar-refractivity contribution < 1.29 is 13.9 Å². The lowest BCUT2D eigenvalue weighted by Crippen LogP contribution is -2.36. The zero-order chi connectivity index (χ0) is 20.3. The molecule has 0 spiro atoms. The van der Waals surface area contributed by atoms with E-state index in [1.807, 2.05) is 54.6 Å². The third kappa shape index (κ3) is 6.36. The first-order valence-corrected chi connectivity index (χ1v) is 9.43. The van der Waals surface area contributed by atoms with E-state index in [-0.39, 0.29) is 0 Å². The molecule has 152 valence electrons. The zero-order valence-corrected chi connectivity index (χ0v) is 16.7. The van der Waals surface area contributed by atoms with Crippen LogP contribution in [0, 0.1) is 0 Å². The van der Waals surface area contributed by atoms with Crippen molar-refractivity contribution in [1.82, 2.24) is 15.6 Å². The monoisotopic (exact) mass is 394 g/mol. The van der Waals surface area contributed by atoms with Crippen molar-refractivity contribution in [3.8, 4) is 17.2 Å². The van der Waals surface area contributed by atoms with Crippen LogP contribution in [0.2, 0.25) is 0 Å². The van der Waals surface area contributed by atoms with E-state index < -0.39 is 0 Å². The summed E-state index contributed by atoms with van der Waals surface area (Å²) in [5.41, 5.74) is 2.89. The van der Waals surface area contributed by atoms with Crippen LogP contribution < -0.4 is 15.4 Å². The van der Waals surface area contributed by atoms with Gasteiger partial charge in [0, 0.05) is 26.3 Å². The van der Waals surface area contributed by atoms with Crippen LogP contribution in [0.3, 0.4) is 0 Å². The fourth-order valence-electron chi connectivity index (χ4n) is 2.63. The van der Waals surface area contributed by atoms with Crippen LogP contribution in [-0.2, 0) is 17.8 Å². The molecule has 0 saturated heterocycles. The van der Waals surface area contributed by atoms with E-state index in [1.54, 1.807) is 20.4 Å². The molecule has 0 aliphatic rings. The van der Waals surface area contributed by atoms with Gasteiger partial charge in [-0.25, -0.2) is 4.98 Å². The van der Waals surface area contributed by atoms with Gasteiger partial charge in [0.1, 0.15) is 18.6 Å². The summed E-state index contributed by atoms with van der Waals surface area (Å²) in [5.74, 6) is 2.13. The van der Waals surface area contributed by atoms with Gasteiger partial charge in [0.05, 0.1) is 18.8 Å². The number of aliphatic imine (C=N–C) groups is 1. The standard InChI is InChI=1S/C22H26N4O3/c1-23-22(24-14-17-8-10-20(11-9-17)28-13-12-27-2)25-15-19-16-29-21(26-19)18-6-4-3-5-7-18/h3-11,16H,12-15H2,1-2H3,(H2,23,24,25). The van der Waals surface area contributed by atoms with Crippen LogP contribution in [-0.4, -0.2) is 38.3 Å². The molecule has 7 nitrogen and oxygen atoms in total. The lowest BCUT2D eigenvalue weighted by molar-refractivity contribution is 0.146. The van der Waals surface area contributed by atoms with Gasteiger partial charge in [-0.1, -0.05) is 30.3 Å². The smallest absolute Gasteiger partial charge is 0.226 e. The minimum atomic E-state index is 0.516. The van der Waals surface area contributed by atoms with Crippen LogP contribution in [0.15, 0.2) is 70.3 Å². The molecular weight excluding hydrogens is 368 g/mol. The van der Waals surface area contributed by atoms with E-state index in [0.29, 0.717) is 38.2 Å². The Morgan fingerprint density at radius 3 is 2.48 bits per heavy atom. The summed E-state index contributed by atoms with van der Waals surface area (Å²) < 4.78 is 16.1. The molecule has 2 aromatic carbocycles. The number of benzene rings is 2. The maximum atomic E-state index is 5.57. The van der Waals surface area contributed by atoms with Crippen molar-refractivity contribution in [1.29, 1.82) is 0 Å². The molecule has 1 heterocycles. The van der Waals surface area contributed by atoms with E-state index in [0.717, 1.165) is 22.6 Å². The Labute approximate surface area is 170 Å². The molecule has 0 amide bonds. The predicted octanol–water partition coefficient (Wildman–Crippen LogP) is 3.23. The molecule has 0 saturated carbocycles. The lowest BCUT2D eigenvalue weighted by atomic mass is 10.2. The SMILES string of the molecule is CN=C(NCc1ccc(OCCOC)cc1)NCc1coc(-c2ccccc2)n1. The minimum absolute atomic E-state index is 0.516. The van der Waals surface area contributed by atoms with Crippen LogP contribution in [0.25, 0.3) is 11.5 Å². The molecule has 1 aromatic heterocycles. The van der Waals surface area contributed by atoms with Crippen LogP contribution in [0.1, 0.15) is 11.3 Å². The number of methoxy groups -OCH3 is 1. The van der Waals surface area contributed by atoms with Crippen molar-refractivity contribution in [2.75, 3.05) is 27.4 Å². The van der Waals surface area contributed by atoms with Crippen LogP contribution in [0.4, 0.5) is 0 Å². The Morgan fingerprint density at radius 1 is 1.00 bits per heavy atom. The van der Waals surface area contributed by atoms with Gasteiger partial charge in [-0.05, 0) is 29.8 Å². The molecule has 7 heteroatoms. The van der Waals surface area contributed by atoms with Gasteiger partial charge in [0.2, 0.25) is 5.89 Å². The van der Waals surface area contributed by atoms with Gasteiger partial charge in [-0.3, -0.25) is 4.99 Å². The Balaban J connectivity index is 1.46. The number of nitrogens with one attached hydrogen (secondary N) is 2. The van der Waals surface area contributed by atoms with Crippen molar-refractivity contribution in [3.63, 3.8) is 0 Å². The molecule has 0 radical (unpaired) electrons. The van der Waals surface area contributed by atoms with Gasteiger partial charge >= 0.3 is 0 Å². The Morgan fingerprint density at radius 2 is 1.76 bits per heavy atom. The maximum Gasteiger partial charge on any atom is 0.226 e. The first kappa shape index (κ1) is 20.4. The predicted molar refractivity (Wildman–Crippen MR) is 113 cm³/mol. The van der Waals surface area contributed by atoms with Gasteiger partial charge in [-0.2, -0.15) is 0 Å². The Hall–Kier alpha value is -3.32. The lowest BCUT2D eigenvalue weighted by Gasteiger charge is -2.11. The fourth-order valence-corrected chi connectivity index (χ4v) is 2.63. The Bertz CT molecular complexity index is 892. The molecule has 0 aliphatic carbocycles. The summed E-state index contributed by atoms with van der Waals surface area (Å²) in [6.07, 6.45) is 1.66. The van der Waals surface area contributed by atoms with E-state index in [9.17, 15) is 0 Å². The summed E-state index contributed by atoms with van der Waals surface area (Å²) in [6, 6.07) is 17.8. The second kappa shape index (κ2) is 10.9. The van der Waals surface area contributed by atoms with Gasteiger partial charge < -0.3 is 24.5 Å². The molecule has 0 bridgehead atoms. The van der Waals surface area contributed by atoms with Crippen molar-refractivity contribution in [3.05, 3.63) is 72.1 Å². The quantitative estimate of drug-likeness (QED) is 0.329. The molecule has 0 aliphatic heterocycles. The highest BCUT2D eigenvalue weighted by atomic mass is 16.5. The highest BCUT2D eigenvalue weighted by Gasteiger charge is 2.07. The summed E-state index contributed by atoms with van der Waals surface area (Å²) >= 11 is 0. The van der Waals surface area contributed by atoms with Crippen LogP contribution in [0.5, 0.6) is 5.75 Å². The third-order valence-electron chi connectivity index (χ3n) is 4.17. The molecule has 2 N–H and O–H groups in total. The summed E-state index contributed by atoms with van der Waals surface area (Å²) in [7, 11) is 3.39. The van der Waals surface area contributed by atoms with E-state index in [2.05, 4.69) is 20.6 Å². The highest BCUT2D eigenvalue weighted by Crippen LogP contribution is 2.17. The molecule has 0 atom stereocenters. The molecule has 0 fully saturated rings. The van der Waals surface area contributed by atoms with Crippen molar-refractivity contribution in [2.45, 2.75) is 13.1 Å². The number of rotatable bonds is 9. The number of aromatic nitrogens is 1. The first-order chi connectivity index (χ1) is 14.3. The number of ether oxygens (including phenoxy) is 2. The van der Waals surface area contributed by atoms with Gasteiger partial charge in [0.15, 0.2) is 5.96 Å². The van der Waals surface area contributed by atoms with E-state index >= 15 is 0 Å². The third-order valence-corrected chi connectivity index (χ3v) is 4.17. The zero-order valence-electron chi connectivity index (χ0n) is 16.7. The van der Waals surface area contributed by atoms with Gasteiger partial charge in [0.25, 0.3) is 0 Å². The maximum absolute atomic E-state index is 5.57. The number of guanidine groups is 1. The molecule has 0 unspecified atom stereocenters. The fraction of sp³-hybridized carbons (Fsp3) is 0.273. The molecule has 3 rings (SSSR count). The van der Waals surface area contributed by atoms with Crippen molar-refractivity contribution in [2.24, 2.45) is 4.99 Å². The second-order valence-electron chi connectivity index (χ2n) is 6.27. The average Bonchev–Trinajstić information content (AvgIpc) is 3.25. The molecule has 29 heavy (non-hydrogen) atoms. The largest absolute Gasteiger partial charge is 0.491 e. The van der Waals surface area contributed by atoms with E-state index in [1.165, 1.54) is 0 Å². The number of nitrogens with zero attached hydrogens (tertiary/aromatic N) is 2. The van der Waals surface area contributed by atoms with Crippen molar-refractivity contribution >= 4 is 5.96 Å². The second-order valence-corrected chi connectivity index (χ2v) is 6.27. The molecular formula is C22H26N4O3. The minimum Gasteiger partial charge on any atom is -0.491 e. The Kier molecular flexibility index (Phi) is 7.65. The normalized spacial score (nSPS) is 11.3. The van der Waals surface area contributed by atoms with Crippen LogP contribution >= 0.6 is 0 Å². The summed E-state index contributed by atoms with van der Waals surface area (Å²) in [6.45, 7) is 2.27. The molecule has 3 aromatic rings. The summed E-state index contributed by atoms with van der Waals surface area (Å²) in [4.78, 5) is 8.76. The topological polar surface area (TPSA) is 80.9 Å².